The maximum atomic E-state index is 12.6. The number of aromatic nitrogens is 1. The highest BCUT2D eigenvalue weighted by molar-refractivity contribution is 7.89. The standard InChI is InChI=1S/C11H18ClN5O2S/c1-8-7-16(2)3-4-17(8)20(18,19)9-5-10(12)11(15-13)14-6-9/h5-6,8H,3-4,7,13H2,1-2H3,(H,14,15). The van der Waals surface area contributed by atoms with Gasteiger partial charge in [-0.15, -0.1) is 0 Å². The molecule has 0 aliphatic carbocycles. The van der Waals surface area contributed by atoms with Gasteiger partial charge in [-0.25, -0.2) is 19.2 Å². The number of pyridine rings is 1. The minimum atomic E-state index is -3.59. The van der Waals surface area contributed by atoms with Crippen LogP contribution in [0.4, 0.5) is 5.82 Å². The Kier molecular flexibility index (Phi) is 4.50. The maximum Gasteiger partial charge on any atom is 0.244 e. The van der Waals surface area contributed by atoms with Crippen molar-refractivity contribution in [3.63, 3.8) is 0 Å². The fraction of sp³-hybridized carbons (Fsp3) is 0.545. The average molecular weight is 320 g/mol. The van der Waals surface area contributed by atoms with Crippen LogP contribution >= 0.6 is 11.6 Å². The normalized spacial score (nSPS) is 21.9. The van der Waals surface area contributed by atoms with E-state index >= 15 is 0 Å². The van der Waals surface area contributed by atoms with Gasteiger partial charge in [-0.3, -0.25) is 0 Å². The monoisotopic (exact) mass is 319 g/mol. The molecule has 0 aromatic carbocycles. The number of anilines is 1. The Morgan fingerprint density at radius 2 is 2.20 bits per heavy atom. The first-order chi connectivity index (χ1) is 9.36. The van der Waals surface area contributed by atoms with E-state index in [0.29, 0.717) is 19.6 Å². The van der Waals surface area contributed by atoms with Crippen LogP contribution in [0.1, 0.15) is 6.92 Å². The summed E-state index contributed by atoms with van der Waals surface area (Å²) in [6.45, 7) is 3.74. The van der Waals surface area contributed by atoms with Crippen LogP contribution in [0.3, 0.4) is 0 Å². The number of rotatable bonds is 3. The predicted octanol–water partition coefficient (Wildman–Crippen LogP) is 0.345. The van der Waals surface area contributed by atoms with Gasteiger partial charge >= 0.3 is 0 Å². The third-order valence-corrected chi connectivity index (χ3v) is 5.60. The summed E-state index contributed by atoms with van der Waals surface area (Å²) in [5, 5.41) is 0.176. The lowest BCUT2D eigenvalue weighted by atomic mass is 10.2. The second-order valence-corrected chi connectivity index (χ2v) is 7.17. The number of piperazine rings is 1. The van der Waals surface area contributed by atoms with Crippen molar-refractivity contribution in [2.45, 2.75) is 17.9 Å². The summed E-state index contributed by atoms with van der Waals surface area (Å²) in [6.07, 6.45) is 1.27. The average Bonchev–Trinajstić information content (AvgIpc) is 2.38. The Bertz CT molecular complexity index is 594. The van der Waals surface area contributed by atoms with E-state index in [4.69, 9.17) is 17.4 Å². The lowest BCUT2D eigenvalue weighted by molar-refractivity contribution is 0.170. The van der Waals surface area contributed by atoms with E-state index in [1.807, 2.05) is 14.0 Å². The minimum Gasteiger partial charge on any atom is -0.307 e. The fourth-order valence-electron chi connectivity index (χ4n) is 2.28. The molecule has 9 heteroatoms. The number of likely N-dealkylation sites (N-methyl/N-ethyl adjacent to an activating group) is 1. The number of nitrogens with two attached hydrogens (primary N) is 1. The zero-order chi connectivity index (χ0) is 14.9. The van der Waals surface area contributed by atoms with Gasteiger partial charge in [-0.05, 0) is 20.0 Å². The molecule has 0 bridgehead atoms. The second kappa shape index (κ2) is 5.82. The first-order valence-electron chi connectivity index (χ1n) is 6.19. The minimum absolute atomic E-state index is 0.0814. The highest BCUT2D eigenvalue weighted by Gasteiger charge is 2.33. The third kappa shape index (κ3) is 2.89. The Morgan fingerprint density at radius 1 is 1.50 bits per heavy atom. The Balaban J connectivity index is 2.33. The number of nitrogens with zero attached hydrogens (tertiary/aromatic N) is 3. The van der Waals surface area contributed by atoms with Crippen molar-refractivity contribution in [2.24, 2.45) is 5.84 Å². The van der Waals surface area contributed by atoms with Gasteiger partial charge < -0.3 is 10.3 Å². The molecular weight excluding hydrogens is 302 g/mol. The lowest BCUT2D eigenvalue weighted by Crippen LogP contribution is -2.52. The van der Waals surface area contributed by atoms with Gasteiger partial charge in [-0.2, -0.15) is 4.31 Å². The summed E-state index contributed by atoms with van der Waals surface area (Å²) in [4.78, 5) is 6.10. The summed E-state index contributed by atoms with van der Waals surface area (Å²) in [7, 11) is -1.62. The van der Waals surface area contributed by atoms with E-state index in [9.17, 15) is 8.42 Å². The van der Waals surface area contributed by atoms with Gasteiger partial charge in [0.15, 0.2) is 5.82 Å². The number of hydrazine groups is 1. The van der Waals surface area contributed by atoms with Crippen molar-refractivity contribution in [1.82, 2.24) is 14.2 Å². The number of hydrogen-bond acceptors (Lipinski definition) is 6. The maximum absolute atomic E-state index is 12.6. The van der Waals surface area contributed by atoms with Gasteiger partial charge in [0.05, 0.1) is 5.02 Å². The third-order valence-electron chi connectivity index (χ3n) is 3.33. The zero-order valence-electron chi connectivity index (χ0n) is 11.4. The second-order valence-electron chi connectivity index (χ2n) is 4.87. The number of nitrogens with one attached hydrogen (secondary N) is 1. The number of halogens is 1. The molecule has 1 aliphatic heterocycles. The van der Waals surface area contributed by atoms with Gasteiger partial charge in [0, 0.05) is 31.9 Å². The highest BCUT2D eigenvalue weighted by Crippen LogP contribution is 2.25. The molecule has 2 rings (SSSR count). The first kappa shape index (κ1) is 15.5. The molecule has 0 amide bonds. The van der Waals surface area contributed by atoms with Crippen LogP contribution in [0.15, 0.2) is 17.2 Å². The topological polar surface area (TPSA) is 91.6 Å². The molecule has 0 saturated carbocycles. The molecule has 1 saturated heterocycles. The Morgan fingerprint density at radius 3 is 2.75 bits per heavy atom. The summed E-state index contributed by atoms with van der Waals surface area (Å²) in [5.74, 6) is 5.47. The van der Waals surface area contributed by atoms with Crippen molar-refractivity contribution in [3.8, 4) is 0 Å². The van der Waals surface area contributed by atoms with Gasteiger partial charge in [0.1, 0.15) is 4.90 Å². The van der Waals surface area contributed by atoms with Crippen LogP contribution in [0.5, 0.6) is 0 Å². The van der Waals surface area contributed by atoms with Gasteiger partial charge in [0.2, 0.25) is 10.0 Å². The van der Waals surface area contributed by atoms with Crippen LogP contribution in [0.2, 0.25) is 5.02 Å². The van der Waals surface area contributed by atoms with E-state index in [-0.39, 0.29) is 21.8 Å². The van der Waals surface area contributed by atoms with Crippen molar-refractivity contribution >= 4 is 27.4 Å². The van der Waals surface area contributed by atoms with Crippen LogP contribution in [0.25, 0.3) is 0 Å². The van der Waals surface area contributed by atoms with Crippen LogP contribution in [-0.4, -0.2) is 55.3 Å². The Labute approximate surface area is 123 Å². The Hall–Kier alpha value is -0.930. The highest BCUT2D eigenvalue weighted by atomic mass is 35.5. The molecule has 1 unspecified atom stereocenters. The molecule has 0 radical (unpaired) electrons. The van der Waals surface area contributed by atoms with E-state index in [2.05, 4.69) is 15.3 Å². The molecule has 1 fully saturated rings. The summed E-state index contributed by atoms with van der Waals surface area (Å²) < 4.78 is 26.7. The molecule has 3 N–H and O–H groups in total. The number of nitrogen functional groups attached to an aromatic ring is 1. The van der Waals surface area contributed by atoms with E-state index in [1.54, 1.807) is 0 Å². The molecule has 1 aromatic rings. The van der Waals surface area contributed by atoms with E-state index in [0.717, 1.165) is 0 Å². The fourth-order valence-corrected chi connectivity index (χ4v) is 4.15. The zero-order valence-corrected chi connectivity index (χ0v) is 12.9. The van der Waals surface area contributed by atoms with Crippen molar-refractivity contribution < 1.29 is 8.42 Å². The molecule has 1 aliphatic rings. The molecule has 20 heavy (non-hydrogen) atoms. The SMILES string of the molecule is CC1CN(C)CCN1S(=O)(=O)c1cnc(NN)c(Cl)c1. The van der Waals surface area contributed by atoms with Crippen molar-refractivity contribution in [3.05, 3.63) is 17.3 Å². The van der Waals surface area contributed by atoms with Crippen LogP contribution < -0.4 is 11.3 Å². The largest absolute Gasteiger partial charge is 0.307 e. The van der Waals surface area contributed by atoms with Crippen LogP contribution in [0, 0.1) is 0 Å². The summed E-state index contributed by atoms with van der Waals surface area (Å²) >= 11 is 5.94. The quantitative estimate of drug-likeness (QED) is 0.617. The molecule has 1 atom stereocenters. The number of sulfonamides is 1. The molecule has 0 spiro atoms. The van der Waals surface area contributed by atoms with Crippen molar-refractivity contribution in [2.75, 3.05) is 32.1 Å². The van der Waals surface area contributed by atoms with Crippen LogP contribution in [-0.2, 0) is 10.0 Å². The lowest BCUT2D eigenvalue weighted by Gasteiger charge is -2.37. The predicted molar refractivity (Wildman–Crippen MR) is 77.9 cm³/mol. The molecule has 2 heterocycles. The molecular formula is C11H18ClN5O2S. The van der Waals surface area contributed by atoms with E-state index < -0.39 is 10.0 Å². The number of hydrogen-bond donors (Lipinski definition) is 2. The summed E-state index contributed by atoms with van der Waals surface area (Å²) in [5.41, 5.74) is 2.31. The summed E-state index contributed by atoms with van der Waals surface area (Å²) in [6, 6.07) is 1.27. The van der Waals surface area contributed by atoms with Crippen molar-refractivity contribution in [1.29, 1.82) is 0 Å². The van der Waals surface area contributed by atoms with Gasteiger partial charge in [-0.1, -0.05) is 11.6 Å². The first-order valence-corrected chi connectivity index (χ1v) is 8.00. The molecule has 7 nitrogen and oxygen atoms in total. The van der Waals surface area contributed by atoms with Gasteiger partial charge in [0.25, 0.3) is 0 Å². The molecule has 112 valence electrons. The smallest absolute Gasteiger partial charge is 0.244 e. The van der Waals surface area contributed by atoms with E-state index in [1.165, 1.54) is 16.6 Å². The molecule has 1 aromatic heterocycles.